The van der Waals surface area contributed by atoms with Crippen LogP contribution >= 0.6 is 0 Å². The summed E-state index contributed by atoms with van der Waals surface area (Å²) in [4.78, 5) is 4.66. The number of likely N-dealkylation sites (N-methyl/N-ethyl adjacent to an activating group) is 2. The van der Waals surface area contributed by atoms with Crippen LogP contribution in [0.15, 0.2) is 0 Å². The summed E-state index contributed by atoms with van der Waals surface area (Å²) in [6, 6.07) is 0. The molecule has 0 aromatic heterocycles. The van der Waals surface area contributed by atoms with Gasteiger partial charge in [0.05, 0.1) is 0 Å². The van der Waals surface area contributed by atoms with Crippen LogP contribution in [0.3, 0.4) is 0 Å². The second-order valence-electron chi connectivity index (χ2n) is 4.83. The number of rotatable bonds is 7. The molecule has 0 saturated heterocycles. The van der Waals surface area contributed by atoms with Crippen molar-refractivity contribution in [2.24, 2.45) is 5.41 Å². The first-order chi connectivity index (χ1) is 6.62. The molecule has 14 heavy (non-hydrogen) atoms. The molecule has 3 heteroatoms. The Labute approximate surface area is 87.7 Å². The lowest BCUT2D eigenvalue weighted by atomic mass is 10.1. The molecule has 1 fully saturated rings. The first-order valence-electron chi connectivity index (χ1n) is 5.60. The lowest BCUT2D eigenvalue weighted by molar-refractivity contribution is 0.145. The Morgan fingerprint density at radius 2 is 1.86 bits per heavy atom. The van der Waals surface area contributed by atoms with Crippen LogP contribution in [-0.2, 0) is 0 Å². The standard InChI is InChI=1S/C11H24N2O/c1-4-13(8-7-12(2)3)9-11(10-14)5-6-11/h14H,4-10H2,1-3H3. The van der Waals surface area contributed by atoms with E-state index in [1.54, 1.807) is 0 Å². The zero-order valence-electron chi connectivity index (χ0n) is 9.79. The summed E-state index contributed by atoms with van der Waals surface area (Å²) in [5, 5.41) is 9.24. The van der Waals surface area contributed by atoms with E-state index in [4.69, 9.17) is 0 Å². The van der Waals surface area contributed by atoms with E-state index < -0.39 is 0 Å². The summed E-state index contributed by atoms with van der Waals surface area (Å²) in [7, 11) is 4.21. The summed E-state index contributed by atoms with van der Waals surface area (Å²) in [6.45, 7) is 6.96. The van der Waals surface area contributed by atoms with Crippen LogP contribution in [-0.4, -0.2) is 61.8 Å². The first kappa shape index (κ1) is 12.0. The van der Waals surface area contributed by atoms with Gasteiger partial charge in [-0.2, -0.15) is 0 Å². The second-order valence-corrected chi connectivity index (χ2v) is 4.83. The molecule has 0 atom stereocenters. The lowest BCUT2D eigenvalue weighted by Crippen LogP contribution is -2.36. The number of hydrogen-bond acceptors (Lipinski definition) is 3. The number of aliphatic hydroxyl groups is 1. The topological polar surface area (TPSA) is 26.7 Å². The molecule has 3 nitrogen and oxygen atoms in total. The van der Waals surface area contributed by atoms with Gasteiger partial charge >= 0.3 is 0 Å². The molecule has 1 N–H and O–H groups in total. The normalized spacial score (nSPS) is 19.3. The van der Waals surface area contributed by atoms with Crippen molar-refractivity contribution < 1.29 is 5.11 Å². The second kappa shape index (κ2) is 5.10. The molecule has 0 spiro atoms. The van der Waals surface area contributed by atoms with Crippen LogP contribution in [0.2, 0.25) is 0 Å². The number of hydrogen-bond donors (Lipinski definition) is 1. The molecule has 0 heterocycles. The van der Waals surface area contributed by atoms with Gasteiger partial charge in [-0.05, 0) is 33.5 Å². The highest BCUT2D eigenvalue weighted by molar-refractivity contribution is 4.94. The summed E-state index contributed by atoms with van der Waals surface area (Å²) < 4.78 is 0. The predicted molar refractivity (Wildman–Crippen MR) is 59.4 cm³/mol. The zero-order chi connectivity index (χ0) is 10.6. The molecule has 0 aliphatic heterocycles. The monoisotopic (exact) mass is 200 g/mol. The fourth-order valence-electron chi connectivity index (χ4n) is 1.71. The van der Waals surface area contributed by atoms with Gasteiger partial charge in [0.15, 0.2) is 0 Å². The summed E-state index contributed by atoms with van der Waals surface area (Å²) in [5.41, 5.74) is 0.266. The Morgan fingerprint density at radius 3 is 2.21 bits per heavy atom. The van der Waals surface area contributed by atoms with E-state index in [-0.39, 0.29) is 5.41 Å². The van der Waals surface area contributed by atoms with Crippen LogP contribution in [0.1, 0.15) is 19.8 Å². The number of aliphatic hydroxyl groups excluding tert-OH is 1. The summed E-state index contributed by atoms with van der Waals surface area (Å²) >= 11 is 0. The van der Waals surface area contributed by atoms with Gasteiger partial charge in [-0.15, -0.1) is 0 Å². The van der Waals surface area contributed by atoms with Crippen LogP contribution < -0.4 is 0 Å². The van der Waals surface area contributed by atoms with E-state index >= 15 is 0 Å². The highest BCUT2D eigenvalue weighted by atomic mass is 16.3. The highest BCUT2D eigenvalue weighted by Crippen LogP contribution is 2.45. The maximum absolute atomic E-state index is 9.24. The molecule has 84 valence electrons. The molecule has 0 aromatic rings. The SMILES string of the molecule is CCN(CCN(C)C)CC1(CO)CC1. The molecule has 1 aliphatic rings. The van der Waals surface area contributed by atoms with Gasteiger partial charge in [0.25, 0.3) is 0 Å². The third-order valence-electron chi connectivity index (χ3n) is 3.16. The van der Waals surface area contributed by atoms with E-state index in [2.05, 4.69) is 30.8 Å². The van der Waals surface area contributed by atoms with Crippen molar-refractivity contribution in [1.82, 2.24) is 9.80 Å². The van der Waals surface area contributed by atoms with Crippen molar-refractivity contribution in [3.8, 4) is 0 Å². The van der Waals surface area contributed by atoms with Crippen LogP contribution in [0, 0.1) is 5.41 Å². The summed E-state index contributed by atoms with van der Waals surface area (Å²) in [5.74, 6) is 0. The fourth-order valence-corrected chi connectivity index (χ4v) is 1.71. The molecule has 0 amide bonds. The van der Waals surface area contributed by atoms with E-state index in [0.717, 1.165) is 26.2 Å². The Morgan fingerprint density at radius 1 is 1.21 bits per heavy atom. The molecule has 1 aliphatic carbocycles. The average Bonchev–Trinajstić information content (AvgIpc) is 2.93. The van der Waals surface area contributed by atoms with Crippen molar-refractivity contribution in [3.05, 3.63) is 0 Å². The molecule has 0 aromatic carbocycles. The van der Waals surface area contributed by atoms with Gasteiger partial charge in [0, 0.05) is 31.7 Å². The Hall–Kier alpha value is -0.120. The largest absolute Gasteiger partial charge is 0.396 e. The van der Waals surface area contributed by atoms with Gasteiger partial charge < -0.3 is 14.9 Å². The van der Waals surface area contributed by atoms with Gasteiger partial charge in [-0.25, -0.2) is 0 Å². The zero-order valence-corrected chi connectivity index (χ0v) is 9.79. The van der Waals surface area contributed by atoms with Crippen molar-refractivity contribution >= 4 is 0 Å². The van der Waals surface area contributed by atoms with Gasteiger partial charge in [0.2, 0.25) is 0 Å². The Balaban J connectivity index is 2.24. The minimum Gasteiger partial charge on any atom is -0.396 e. The molecule has 1 saturated carbocycles. The maximum Gasteiger partial charge on any atom is 0.0499 e. The van der Waals surface area contributed by atoms with E-state index in [0.29, 0.717) is 6.61 Å². The third-order valence-corrected chi connectivity index (χ3v) is 3.16. The Bertz CT molecular complexity index is 167. The van der Waals surface area contributed by atoms with Crippen LogP contribution in [0.5, 0.6) is 0 Å². The molecular formula is C11H24N2O. The third kappa shape index (κ3) is 3.56. The van der Waals surface area contributed by atoms with E-state index in [1.165, 1.54) is 12.8 Å². The van der Waals surface area contributed by atoms with Crippen LogP contribution in [0.4, 0.5) is 0 Å². The van der Waals surface area contributed by atoms with Crippen LogP contribution in [0.25, 0.3) is 0 Å². The molecule has 0 radical (unpaired) electrons. The predicted octanol–water partition coefficient (Wildman–Crippen LogP) is 0.642. The van der Waals surface area contributed by atoms with Crippen molar-refractivity contribution in [2.75, 3.05) is 46.9 Å². The Kier molecular flexibility index (Phi) is 4.35. The minimum absolute atomic E-state index is 0.266. The smallest absolute Gasteiger partial charge is 0.0499 e. The van der Waals surface area contributed by atoms with Gasteiger partial charge in [0.1, 0.15) is 0 Å². The first-order valence-corrected chi connectivity index (χ1v) is 5.60. The quantitative estimate of drug-likeness (QED) is 0.653. The minimum atomic E-state index is 0.266. The molecule has 0 bridgehead atoms. The van der Waals surface area contributed by atoms with Gasteiger partial charge in [-0.3, -0.25) is 0 Å². The van der Waals surface area contributed by atoms with E-state index in [1.807, 2.05) is 0 Å². The van der Waals surface area contributed by atoms with Crippen molar-refractivity contribution in [1.29, 1.82) is 0 Å². The van der Waals surface area contributed by atoms with E-state index in [9.17, 15) is 5.11 Å². The van der Waals surface area contributed by atoms with Crippen molar-refractivity contribution in [2.45, 2.75) is 19.8 Å². The fraction of sp³-hybridized carbons (Fsp3) is 1.00. The molecular weight excluding hydrogens is 176 g/mol. The number of nitrogens with zero attached hydrogens (tertiary/aromatic N) is 2. The molecule has 0 unspecified atom stereocenters. The molecule has 1 rings (SSSR count). The maximum atomic E-state index is 9.24. The van der Waals surface area contributed by atoms with Crippen molar-refractivity contribution in [3.63, 3.8) is 0 Å². The average molecular weight is 200 g/mol. The highest BCUT2D eigenvalue weighted by Gasteiger charge is 2.42. The van der Waals surface area contributed by atoms with Gasteiger partial charge in [-0.1, -0.05) is 6.92 Å². The lowest BCUT2D eigenvalue weighted by Gasteiger charge is -2.26. The summed E-state index contributed by atoms with van der Waals surface area (Å²) in [6.07, 6.45) is 2.42.